The van der Waals surface area contributed by atoms with Crippen LogP contribution in [0.2, 0.25) is 0 Å². The molecule has 0 spiro atoms. The summed E-state index contributed by atoms with van der Waals surface area (Å²) in [5.41, 5.74) is 0.610. The molecule has 2 unspecified atom stereocenters. The van der Waals surface area contributed by atoms with Crippen molar-refractivity contribution >= 4 is 11.9 Å². The Balaban J connectivity index is 2.40. The number of rotatable bonds is 4. The second-order valence-corrected chi connectivity index (χ2v) is 4.71. The van der Waals surface area contributed by atoms with Gasteiger partial charge in [-0.3, -0.25) is 9.59 Å². The van der Waals surface area contributed by atoms with E-state index >= 15 is 0 Å². The van der Waals surface area contributed by atoms with Gasteiger partial charge in [0.15, 0.2) is 0 Å². The summed E-state index contributed by atoms with van der Waals surface area (Å²) in [5, 5.41) is 9.30. The average Bonchev–Trinajstić information content (AvgIpc) is 2.68. The zero-order valence-corrected chi connectivity index (χ0v) is 11.0. The fourth-order valence-corrected chi connectivity index (χ4v) is 2.52. The molecule has 1 N–H and O–H groups in total. The van der Waals surface area contributed by atoms with Gasteiger partial charge in [-0.25, -0.2) is 9.97 Å². The Kier molecular flexibility index (Phi) is 3.78. The first-order chi connectivity index (χ1) is 9.04. The fourth-order valence-electron chi connectivity index (χ4n) is 2.52. The highest BCUT2D eigenvalue weighted by atomic mass is 16.4. The fraction of sp³-hybridized carbons (Fsp3) is 0.538. The maximum atomic E-state index is 12.0. The Bertz CT molecular complexity index is 504. The number of hydrogen-bond donors (Lipinski definition) is 1. The summed E-state index contributed by atoms with van der Waals surface area (Å²) in [6, 6.07) is 1.21. The highest BCUT2D eigenvalue weighted by molar-refractivity contribution is 5.87. The number of aliphatic carboxylic acids is 1. The van der Waals surface area contributed by atoms with Crippen molar-refractivity contribution in [3.63, 3.8) is 0 Å². The Morgan fingerprint density at radius 2 is 2.32 bits per heavy atom. The number of carbonyl (C=O) groups is 2. The number of amides is 1. The molecule has 6 heteroatoms. The molecule has 1 aliphatic heterocycles. The molecule has 1 aromatic rings. The normalized spacial score (nSPS) is 22.8. The van der Waals surface area contributed by atoms with E-state index in [0.29, 0.717) is 18.1 Å². The number of hydrogen-bond acceptors (Lipinski definition) is 4. The summed E-state index contributed by atoms with van der Waals surface area (Å²) in [4.78, 5) is 33.2. The first-order valence-electron chi connectivity index (χ1n) is 6.36. The SMILES string of the molecule is CCCN1C(=O)CC(C(=O)O)C1c1ccnc(C)n1. The van der Waals surface area contributed by atoms with Crippen LogP contribution in [0.5, 0.6) is 0 Å². The smallest absolute Gasteiger partial charge is 0.309 e. The summed E-state index contributed by atoms with van der Waals surface area (Å²) in [6.07, 6.45) is 2.44. The number of carboxylic acids is 1. The van der Waals surface area contributed by atoms with Crippen LogP contribution < -0.4 is 0 Å². The van der Waals surface area contributed by atoms with Crippen LogP contribution in [0.15, 0.2) is 12.3 Å². The molecule has 2 rings (SSSR count). The molecule has 0 aromatic carbocycles. The first kappa shape index (κ1) is 13.5. The van der Waals surface area contributed by atoms with E-state index in [9.17, 15) is 14.7 Å². The van der Waals surface area contributed by atoms with Gasteiger partial charge in [0.1, 0.15) is 5.82 Å². The predicted molar refractivity (Wildman–Crippen MR) is 67.3 cm³/mol. The topological polar surface area (TPSA) is 83.4 Å². The molecule has 1 fully saturated rings. The van der Waals surface area contributed by atoms with Gasteiger partial charge in [0.2, 0.25) is 5.91 Å². The van der Waals surface area contributed by atoms with Crippen molar-refractivity contribution in [3.8, 4) is 0 Å². The molecular weight excluding hydrogens is 246 g/mol. The van der Waals surface area contributed by atoms with Crippen LogP contribution in [0.4, 0.5) is 0 Å². The summed E-state index contributed by atoms with van der Waals surface area (Å²) < 4.78 is 0. The number of likely N-dealkylation sites (tertiary alicyclic amines) is 1. The van der Waals surface area contributed by atoms with Crippen molar-refractivity contribution in [1.82, 2.24) is 14.9 Å². The van der Waals surface area contributed by atoms with E-state index < -0.39 is 17.9 Å². The first-order valence-corrected chi connectivity index (χ1v) is 6.36. The largest absolute Gasteiger partial charge is 0.481 e. The van der Waals surface area contributed by atoms with Crippen LogP contribution in [0.3, 0.4) is 0 Å². The molecule has 0 saturated carbocycles. The lowest BCUT2D eigenvalue weighted by atomic mass is 9.97. The van der Waals surface area contributed by atoms with Crippen LogP contribution in [-0.4, -0.2) is 38.4 Å². The Morgan fingerprint density at radius 3 is 2.89 bits per heavy atom. The second-order valence-electron chi connectivity index (χ2n) is 4.71. The van der Waals surface area contributed by atoms with E-state index in [1.807, 2.05) is 6.92 Å². The van der Waals surface area contributed by atoms with Crippen molar-refractivity contribution in [2.24, 2.45) is 5.92 Å². The third-order valence-corrected chi connectivity index (χ3v) is 3.31. The van der Waals surface area contributed by atoms with Gasteiger partial charge in [-0.1, -0.05) is 6.92 Å². The number of carbonyl (C=O) groups excluding carboxylic acids is 1. The maximum Gasteiger partial charge on any atom is 0.309 e. The van der Waals surface area contributed by atoms with Gasteiger partial charge in [0.05, 0.1) is 17.7 Å². The second kappa shape index (κ2) is 5.34. The molecule has 19 heavy (non-hydrogen) atoms. The summed E-state index contributed by atoms with van der Waals surface area (Å²) in [6.45, 7) is 4.26. The van der Waals surface area contributed by atoms with Crippen LogP contribution in [-0.2, 0) is 9.59 Å². The molecule has 2 heterocycles. The van der Waals surface area contributed by atoms with Crippen molar-refractivity contribution in [2.75, 3.05) is 6.54 Å². The van der Waals surface area contributed by atoms with E-state index in [2.05, 4.69) is 9.97 Å². The molecule has 1 aromatic heterocycles. The van der Waals surface area contributed by atoms with Crippen molar-refractivity contribution in [1.29, 1.82) is 0 Å². The molecule has 0 bridgehead atoms. The molecule has 0 aliphatic carbocycles. The van der Waals surface area contributed by atoms with E-state index in [1.54, 1.807) is 24.1 Å². The molecule has 1 amide bonds. The number of carboxylic acid groups (broad SMARTS) is 1. The van der Waals surface area contributed by atoms with Gasteiger partial charge in [0, 0.05) is 19.2 Å². The van der Waals surface area contributed by atoms with Gasteiger partial charge in [-0.15, -0.1) is 0 Å². The highest BCUT2D eigenvalue weighted by Gasteiger charge is 2.44. The predicted octanol–water partition coefficient (Wildman–Crippen LogP) is 1.17. The molecule has 0 radical (unpaired) electrons. The zero-order valence-electron chi connectivity index (χ0n) is 11.0. The number of aromatic nitrogens is 2. The minimum absolute atomic E-state index is 0.0447. The highest BCUT2D eigenvalue weighted by Crippen LogP contribution is 2.37. The third kappa shape index (κ3) is 2.57. The molecule has 102 valence electrons. The van der Waals surface area contributed by atoms with E-state index in [1.165, 1.54) is 0 Å². The Hall–Kier alpha value is -1.98. The van der Waals surface area contributed by atoms with E-state index in [-0.39, 0.29) is 12.3 Å². The quantitative estimate of drug-likeness (QED) is 0.881. The van der Waals surface area contributed by atoms with Crippen molar-refractivity contribution in [3.05, 3.63) is 23.8 Å². The van der Waals surface area contributed by atoms with Gasteiger partial charge in [-0.2, -0.15) is 0 Å². The van der Waals surface area contributed by atoms with Crippen molar-refractivity contribution < 1.29 is 14.7 Å². The van der Waals surface area contributed by atoms with Gasteiger partial charge < -0.3 is 10.0 Å². The summed E-state index contributed by atoms with van der Waals surface area (Å²) in [7, 11) is 0. The standard InChI is InChI=1S/C13H17N3O3/c1-3-6-16-11(17)7-9(13(18)19)12(16)10-4-5-14-8(2)15-10/h4-5,9,12H,3,6-7H2,1-2H3,(H,18,19). The third-order valence-electron chi connectivity index (χ3n) is 3.31. The zero-order chi connectivity index (χ0) is 14.0. The van der Waals surface area contributed by atoms with Crippen LogP contribution in [0, 0.1) is 12.8 Å². The Morgan fingerprint density at radius 1 is 1.58 bits per heavy atom. The molecular formula is C13H17N3O3. The lowest BCUT2D eigenvalue weighted by Gasteiger charge is -2.26. The summed E-state index contributed by atoms with van der Waals surface area (Å²) in [5.74, 6) is -1.21. The lowest BCUT2D eigenvalue weighted by molar-refractivity contribution is -0.142. The molecule has 1 saturated heterocycles. The number of aryl methyl sites for hydroxylation is 1. The van der Waals surface area contributed by atoms with Crippen molar-refractivity contribution in [2.45, 2.75) is 32.7 Å². The lowest BCUT2D eigenvalue weighted by Crippen LogP contribution is -2.32. The van der Waals surface area contributed by atoms with Gasteiger partial charge >= 0.3 is 5.97 Å². The van der Waals surface area contributed by atoms with E-state index in [0.717, 1.165) is 6.42 Å². The Labute approximate surface area is 111 Å². The monoisotopic (exact) mass is 263 g/mol. The average molecular weight is 263 g/mol. The minimum Gasteiger partial charge on any atom is -0.481 e. The van der Waals surface area contributed by atoms with Gasteiger partial charge in [-0.05, 0) is 19.4 Å². The van der Waals surface area contributed by atoms with Crippen LogP contribution >= 0.6 is 0 Å². The molecule has 6 nitrogen and oxygen atoms in total. The molecule has 1 aliphatic rings. The number of nitrogens with zero attached hydrogens (tertiary/aromatic N) is 3. The van der Waals surface area contributed by atoms with Crippen LogP contribution in [0.25, 0.3) is 0 Å². The minimum atomic E-state index is -0.951. The molecule has 2 atom stereocenters. The maximum absolute atomic E-state index is 12.0. The summed E-state index contributed by atoms with van der Waals surface area (Å²) >= 11 is 0. The van der Waals surface area contributed by atoms with Gasteiger partial charge in [0.25, 0.3) is 0 Å². The van der Waals surface area contributed by atoms with Crippen LogP contribution in [0.1, 0.15) is 37.3 Å². The van der Waals surface area contributed by atoms with E-state index in [4.69, 9.17) is 0 Å².